The van der Waals surface area contributed by atoms with Gasteiger partial charge in [-0.3, -0.25) is 4.98 Å². The molecule has 0 amide bonds. The van der Waals surface area contributed by atoms with Gasteiger partial charge in [0.1, 0.15) is 6.61 Å². The first-order valence-electron chi connectivity index (χ1n) is 7.01. The Balaban J connectivity index is 1.56. The van der Waals surface area contributed by atoms with Gasteiger partial charge < -0.3 is 9.47 Å². The molecule has 4 heteroatoms. The minimum atomic E-state index is -0.175. The second-order valence-corrected chi connectivity index (χ2v) is 5.52. The largest absolute Gasteiger partial charge is 0.484 e. The number of rotatable bonds is 2. The molecule has 2 aromatic heterocycles. The van der Waals surface area contributed by atoms with E-state index in [9.17, 15) is 0 Å². The summed E-state index contributed by atoms with van der Waals surface area (Å²) in [5.74, 6) is 2.00. The molecule has 102 valence electrons. The first kappa shape index (κ1) is 11.7. The van der Waals surface area contributed by atoms with E-state index in [1.165, 1.54) is 18.4 Å². The molecule has 0 aromatic carbocycles. The maximum atomic E-state index is 5.89. The number of hydrogen-bond donors (Lipinski definition) is 0. The highest BCUT2D eigenvalue weighted by molar-refractivity contribution is 5.38. The Hall–Kier alpha value is -2.10. The lowest BCUT2D eigenvalue weighted by atomic mass is 10.1. The monoisotopic (exact) mass is 268 g/mol. The van der Waals surface area contributed by atoms with Crippen LogP contribution in [0.5, 0.6) is 11.6 Å². The van der Waals surface area contributed by atoms with Crippen LogP contribution in [0.1, 0.15) is 41.7 Å². The van der Waals surface area contributed by atoms with Crippen LogP contribution >= 0.6 is 0 Å². The molecule has 1 fully saturated rings. The first-order chi connectivity index (χ1) is 9.79. The molecule has 4 nitrogen and oxygen atoms in total. The zero-order valence-electron chi connectivity index (χ0n) is 11.4. The van der Waals surface area contributed by atoms with E-state index in [1.54, 1.807) is 6.20 Å². The summed E-state index contributed by atoms with van der Waals surface area (Å²) in [6, 6.07) is 6.14. The van der Waals surface area contributed by atoms with Gasteiger partial charge in [-0.2, -0.15) is 0 Å². The predicted octanol–water partition coefficient (Wildman–Crippen LogP) is 3.17. The van der Waals surface area contributed by atoms with Crippen molar-refractivity contribution in [1.82, 2.24) is 9.97 Å². The molecule has 0 radical (unpaired) electrons. The van der Waals surface area contributed by atoms with Crippen molar-refractivity contribution in [2.45, 2.75) is 31.8 Å². The predicted molar refractivity (Wildman–Crippen MR) is 74.1 cm³/mol. The third kappa shape index (κ3) is 2.11. The standard InChI is InChI=1S/C16H16N2O2/c1-10-6-14-16(18-7-10)20-15(9-19-14)13-5-4-12(8-17-13)11-2-3-11/h4-8,11,15H,2-3,9H2,1H3. The summed E-state index contributed by atoms with van der Waals surface area (Å²) >= 11 is 0. The van der Waals surface area contributed by atoms with Crippen LogP contribution in [0.25, 0.3) is 0 Å². The number of nitrogens with zero attached hydrogens (tertiary/aromatic N) is 2. The SMILES string of the molecule is Cc1cnc2c(c1)OCC(c1ccc(C3CC3)cn1)O2. The average molecular weight is 268 g/mol. The Morgan fingerprint density at radius 3 is 2.80 bits per heavy atom. The molecule has 0 N–H and O–H groups in total. The lowest BCUT2D eigenvalue weighted by molar-refractivity contribution is 0.0820. The Kier molecular flexibility index (Phi) is 2.62. The summed E-state index contributed by atoms with van der Waals surface area (Å²) in [4.78, 5) is 8.80. The number of fused-ring (bicyclic) bond motifs is 1. The quantitative estimate of drug-likeness (QED) is 0.839. The van der Waals surface area contributed by atoms with Gasteiger partial charge in [0.15, 0.2) is 11.9 Å². The molecular weight excluding hydrogens is 252 g/mol. The van der Waals surface area contributed by atoms with E-state index >= 15 is 0 Å². The lowest BCUT2D eigenvalue weighted by Gasteiger charge is -2.25. The third-order valence-corrected chi connectivity index (χ3v) is 3.79. The zero-order valence-corrected chi connectivity index (χ0v) is 11.4. The molecule has 3 heterocycles. The summed E-state index contributed by atoms with van der Waals surface area (Å²) in [6.45, 7) is 2.47. The normalized spacial score (nSPS) is 20.8. The van der Waals surface area contributed by atoms with Crippen molar-refractivity contribution in [2.75, 3.05) is 6.61 Å². The second kappa shape index (κ2) is 4.47. The molecule has 4 rings (SSSR count). The molecule has 1 unspecified atom stereocenters. The van der Waals surface area contributed by atoms with E-state index in [0.717, 1.165) is 22.9 Å². The fourth-order valence-corrected chi connectivity index (χ4v) is 2.47. The van der Waals surface area contributed by atoms with Gasteiger partial charge in [-0.15, -0.1) is 0 Å². The van der Waals surface area contributed by atoms with Crippen LogP contribution in [0.15, 0.2) is 30.6 Å². The summed E-state index contributed by atoms with van der Waals surface area (Å²) in [5, 5.41) is 0. The van der Waals surface area contributed by atoms with Crippen molar-refractivity contribution in [3.05, 3.63) is 47.4 Å². The Morgan fingerprint density at radius 2 is 2.05 bits per heavy atom. The molecule has 2 aliphatic rings. The van der Waals surface area contributed by atoms with Crippen LogP contribution in [0.2, 0.25) is 0 Å². The summed E-state index contributed by atoms with van der Waals surface area (Å²) in [7, 11) is 0. The molecule has 1 aliphatic heterocycles. The van der Waals surface area contributed by atoms with Gasteiger partial charge in [0.25, 0.3) is 5.88 Å². The second-order valence-electron chi connectivity index (χ2n) is 5.52. The molecule has 1 aliphatic carbocycles. The highest BCUT2D eigenvalue weighted by atomic mass is 16.6. The molecule has 2 aromatic rings. The summed E-state index contributed by atoms with van der Waals surface area (Å²) in [6.07, 6.45) is 6.16. The molecule has 0 spiro atoms. The van der Waals surface area contributed by atoms with Gasteiger partial charge in [0.2, 0.25) is 0 Å². The molecule has 20 heavy (non-hydrogen) atoms. The third-order valence-electron chi connectivity index (χ3n) is 3.79. The number of pyridine rings is 2. The number of hydrogen-bond acceptors (Lipinski definition) is 4. The fourth-order valence-electron chi connectivity index (χ4n) is 2.47. The highest BCUT2D eigenvalue weighted by Crippen LogP contribution is 2.40. The number of ether oxygens (including phenoxy) is 2. The van der Waals surface area contributed by atoms with E-state index in [0.29, 0.717) is 12.5 Å². The molecule has 0 bridgehead atoms. The van der Waals surface area contributed by atoms with E-state index in [1.807, 2.05) is 25.3 Å². The van der Waals surface area contributed by atoms with Crippen molar-refractivity contribution in [3.63, 3.8) is 0 Å². The van der Waals surface area contributed by atoms with Gasteiger partial charge in [-0.25, -0.2) is 4.98 Å². The Bertz CT molecular complexity index is 635. The van der Waals surface area contributed by atoms with Crippen LogP contribution in [-0.4, -0.2) is 16.6 Å². The van der Waals surface area contributed by atoms with Crippen molar-refractivity contribution in [1.29, 1.82) is 0 Å². The maximum Gasteiger partial charge on any atom is 0.257 e. The molecule has 1 saturated carbocycles. The van der Waals surface area contributed by atoms with Crippen LogP contribution in [0, 0.1) is 6.92 Å². The van der Waals surface area contributed by atoms with E-state index < -0.39 is 0 Å². The maximum absolute atomic E-state index is 5.89. The average Bonchev–Trinajstić information content (AvgIpc) is 3.32. The molecule has 0 saturated heterocycles. The fraction of sp³-hybridized carbons (Fsp3) is 0.375. The van der Waals surface area contributed by atoms with Crippen molar-refractivity contribution in [3.8, 4) is 11.6 Å². The van der Waals surface area contributed by atoms with E-state index in [-0.39, 0.29) is 6.10 Å². The smallest absolute Gasteiger partial charge is 0.257 e. The van der Waals surface area contributed by atoms with Gasteiger partial charge in [-0.1, -0.05) is 6.07 Å². The zero-order chi connectivity index (χ0) is 13.5. The van der Waals surface area contributed by atoms with Crippen LogP contribution in [0.3, 0.4) is 0 Å². The highest BCUT2D eigenvalue weighted by Gasteiger charge is 2.27. The van der Waals surface area contributed by atoms with Crippen molar-refractivity contribution < 1.29 is 9.47 Å². The molecule has 1 atom stereocenters. The Morgan fingerprint density at radius 1 is 1.15 bits per heavy atom. The Labute approximate surface area is 117 Å². The summed E-state index contributed by atoms with van der Waals surface area (Å²) < 4.78 is 11.6. The van der Waals surface area contributed by atoms with Gasteiger partial charge in [0.05, 0.1) is 5.69 Å². The van der Waals surface area contributed by atoms with E-state index in [2.05, 4.69) is 16.0 Å². The van der Waals surface area contributed by atoms with Crippen molar-refractivity contribution >= 4 is 0 Å². The van der Waals surface area contributed by atoms with Gasteiger partial charge in [0, 0.05) is 12.4 Å². The van der Waals surface area contributed by atoms with Crippen molar-refractivity contribution in [2.24, 2.45) is 0 Å². The van der Waals surface area contributed by atoms with Gasteiger partial charge in [-0.05, 0) is 48.9 Å². The van der Waals surface area contributed by atoms with E-state index in [4.69, 9.17) is 9.47 Å². The number of aryl methyl sites for hydroxylation is 1. The van der Waals surface area contributed by atoms with Gasteiger partial charge >= 0.3 is 0 Å². The lowest BCUT2D eigenvalue weighted by Crippen LogP contribution is -2.23. The molecular formula is C16H16N2O2. The van der Waals surface area contributed by atoms with Crippen LogP contribution < -0.4 is 9.47 Å². The minimum absolute atomic E-state index is 0.175. The van der Waals surface area contributed by atoms with Crippen LogP contribution in [0.4, 0.5) is 0 Å². The first-order valence-corrected chi connectivity index (χ1v) is 7.01. The summed E-state index contributed by atoms with van der Waals surface area (Å²) in [5.41, 5.74) is 3.31. The minimum Gasteiger partial charge on any atom is -0.484 e. The number of aromatic nitrogens is 2. The topological polar surface area (TPSA) is 44.2 Å². The van der Waals surface area contributed by atoms with Crippen LogP contribution in [-0.2, 0) is 0 Å².